The van der Waals surface area contributed by atoms with Gasteiger partial charge in [0, 0.05) is 26.4 Å². The van der Waals surface area contributed by atoms with E-state index in [-0.39, 0.29) is 19.1 Å². The van der Waals surface area contributed by atoms with Gasteiger partial charge in [-0.1, -0.05) is 0 Å². The summed E-state index contributed by atoms with van der Waals surface area (Å²) in [6, 6.07) is 0. The Kier molecular flexibility index (Phi) is 4.45. The van der Waals surface area contributed by atoms with E-state index in [1.54, 1.807) is 14.0 Å². The fourth-order valence-corrected chi connectivity index (χ4v) is 1.42. The molecule has 1 unspecified atom stereocenters. The standard InChI is InChI=1S/C10H17N3O3/c1-7-9(4-11-12-7)10(15)13(2)5-8(14)6-16-3/h4,8,14H,5-6H2,1-3H3,(H,11,12). The van der Waals surface area contributed by atoms with Crippen molar-refractivity contribution in [3.8, 4) is 0 Å². The molecule has 1 amide bonds. The monoisotopic (exact) mass is 227 g/mol. The molecule has 0 fully saturated rings. The molecule has 1 rings (SSSR count). The van der Waals surface area contributed by atoms with Gasteiger partial charge in [-0.15, -0.1) is 0 Å². The number of likely N-dealkylation sites (N-methyl/N-ethyl adjacent to an activating group) is 1. The van der Waals surface area contributed by atoms with E-state index in [9.17, 15) is 9.90 Å². The largest absolute Gasteiger partial charge is 0.389 e. The summed E-state index contributed by atoms with van der Waals surface area (Å²) in [6.45, 7) is 2.22. The zero-order chi connectivity index (χ0) is 12.1. The van der Waals surface area contributed by atoms with Crippen LogP contribution >= 0.6 is 0 Å². The lowest BCUT2D eigenvalue weighted by molar-refractivity contribution is 0.0380. The molecule has 1 aromatic rings. The van der Waals surface area contributed by atoms with Crippen molar-refractivity contribution in [3.05, 3.63) is 17.5 Å². The number of aliphatic hydroxyl groups is 1. The summed E-state index contributed by atoms with van der Waals surface area (Å²) in [5, 5.41) is 16.0. The Morgan fingerprint density at radius 1 is 1.75 bits per heavy atom. The predicted octanol–water partition coefficient (Wildman–Crippen LogP) is -0.203. The minimum atomic E-state index is -0.675. The Hall–Kier alpha value is -1.40. The van der Waals surface area contributed by atoms with E-state index in [2.05, 4.69) is 10.2 Å². The Bertz CT molecular complexity index is 351. The van der Waals surface area contributed by atoms with Crippen LogP contribution in [0.4, 0.5) is 0 Å². The van der Waals surface area contributed by atoms with Gasteiger partial charge in [0.05, 0.1) is 24.5 Å². The zero-order valence-corrected chi connectivity index (χ0v) is 9.73. The summed E-state index contributed by atoms with van der Waals surface area (Å²) in [7, 11) is 3.14. The molecule has 0 saturated heterocycles. The first-order valence-corrected chi connectivity index (χ1v) is 4.98. The minimum absolute atomic E-state index is 0.165. The number of carbonyl (C=O) groups is 1. The van der Waals surface area contributed by atoms with Crippen LogP contribution in [0.1, 0.15) is 16.1 Å². The lowest BCUT2D eigenvalue weighted by atomic mass is 10.2. The second-order valence-corrected chi connectivity index (χ2v) is 3.70. The number of H-pyrrole nitrogens is 1. The number of amides is 1. The summed E-state index contributed by atoms with van der Waals surface area (Å²) in [5.41, 5.74) is 1.24. The Labute approximate surface area is 94.2 Å². The number of rotatable bonds is 5. The molecule has 1 heterocycles. The first-order chi connectivity index (χ1) is 7.56. The third-order valence-electron chi connectivity index (χ3n) is 2.25. The van der Waals surface area contributed by atoms with E-state index in [1.807, 2.05) is 0 Å². The van der Waals surface area contributed by atoms with Crippen LogP contribution in [-0.2, 0) is 4.74 Å². The number of nitrogens with zero attached hydrogens (tertiary/aromatic N) is 2. The molecule has 6 heteroatoms. The van der Waals surface area contributed by atoms with Gasteiger partial charge in [0.25, 0.3) is 5.91 Å². The summed E-state index contributed by atoms with van der Waals surface area (Å²) in [5.74, 6) is -0.165. The van der Waals surface area contributed by atoms with Gasteiger partial charge in [0.1, 0.15) is 0 Å². The summed E-state index contributed by atoms with van der Waals surface area (Å²) >= 11 is 0. The van der Waals surface area contributed by atoms with Gasteiger partial charge in [0.15, 0.2) is 0 Å². The van der Waals surface area contributed by atoms with Crippen LogP contribution in [0.3, 0.4) is 0 Å². The fourth-order valence-electron chi connectivity index (χ4n) is 1.42. The van der Waals surface area contributed by atoms with Gasteiger partial charge in [-0.2, -0.15) is 5.10 Å². The molecule has 0 aromatic carbocycles. The molecule has 1 atom stereocenters. The second-order valence-electron chi connectivity index (χ2n) is 3.70. The van der Waals surface area contributed by atoms with Crippen LogP contribution in [0.5, 0.6) is 0 Å². The highest BCUT2D eigenvalue weighted by Gasteiger charge is 2.18. The molecule has 0 aliphatic carbocycles. The minimum Gasteiger partial charge on any atom is -0.389 e. The van der Waals surface area contributed by atoms with Crippen molar-refractivity contribution < 1.29 is 14.6 Å². The molecule has 0 spiro atoms. The zero-order valence-electron chi connectivity index (χ0n) is 9.73. The van der Waals surface area contributed by atoms with Crippen molar-refractivity contribution in [1.82, 2.24) is 15.1 Å². The highest BCUT2D eigenvalue weighted by molar-refractivity contribution is 5.94. The summed E-state index contributed by atoms with van der Waals surface area (Å²) < 4.78 is 4.79. The maximum Gasteiger partial charge on any atom is 0.257 e. The highest BCUT2D eigenvalue weighted by Crippen LogP contribution is 2.06. The first kappa shape index (κ1) is 12.7. The lowest BCUT2D eigenvalue weighted by Crippen LogP contribution is -2.36. The smallest absolute Gasteiger partial charge is 0.257 e. The van der Waals surface area contributed by atoms with E-state index in [0.717, 1.165) is 5.69 Å². The number of hydrogen-bond donors (Lipinski definition) is 2. The molecule has 0 bridgehead atoms. The topological polar surface area (TPSA) is 78.5 Å². The fraction of sp³-hybridized carbons (Fsp3) is 0.600. The van der Waals surface area contributed by atoms with E-state index in [4.69, 9.17) is 4.74 Å². The third kappa shape index (κ3) is 3.04. The van der Waals surface area contributed by atoms with Crippen LogP contribution in [0.25, 0.3) is 0 Å². The maximum atomic E-state index is 11.9. The molecule has 2 N–H and O–H groups in total. The number of aromatic amines is 1. The van der Waals surface area contributed by atoms with E-state index in [0.29, 0.717) is 5.56 Å². The summed E-state index contributed by atoms with van der Waals surface area (Å²) in [4.78, 5) is 13.3. The molecule has 16 heavy (non-hydrogen) atoms. The average molecular weight is 227 g/mol. The maximum absolute atomic E-state index is 11.9. The number of aromatic nitrogens is 2. The highest BCUT2D eigenvalue weighted by atomic mass is 16.5. The molecular formula is C10H17N3O3. The number of ether oxygens (including phenoxy) is 1. The van der Waals surface area contributed by atoms with Gasteiger partial charge < -0.3 is 14.7 Å². The number of aliphatic hydroxyl groups excluding tert-OH is 1. The van der Waals surface area contributed by atoms with Crippen LogP contribution in [0.15, 0.2) is 6.20 Å². The number of carbonyl (C=O) groups excluding carboxylic acids is 1. The van der Waals surface area contributed by atoms with E-state index in [1.165, 1.54) is 18.2 Å². The van der Waals surface area contributed by atoms with Gasteiger partial charge >= 0.3 is 0 Å². The molecule has 1 aromatic heterocycles. The Morgan fingerprint density at radius 3 is 2.94 bits per heavy atom. The molecule has 0 radical (unpaired) electrons. The molecular weight excluding hydrogens is 210 g/mol. The summed E-state index contributed by atoms with van der Waals surface area (Å²) in [6.07, 6.45) is 0.808. The van der Waals surface area contributed by atoms with Crippen molar-refractivity contribution in [2.45, 2.75) is 13.0 Å². The quantitative estimate of drug-likeness (QED) is 0.730. The van der Waals surface area contributed by atoms with Gasteiger partial charge in [0.2, 0.25) is 0 Å². The van der Waals surface area contributed by atoms with E-state index >= 15 is 0 Å². The molecule has 90 valence electrons. The van der Waals surface area contributed by atoms with Gasteiger partial charge in [-0.3, -0.25) is 9.89 Å². The number of hydrogen-bond acceptors (Lipinski definition) is 4. The van der Waals surface area contributed by atoms with Crippen molar-refractivity contribution in [2.75, 3.05) is 27.3 Å². The van der Waals surface area contributed by atoms with Crippen molar-refractivity contribution >= 4 is 5.91 Å². The normalized spacial score (nSPS) is 12.5. The van der Waals surface area contributed by atoms with Gasteiger partial charge in [-0.25, -0.2) is 0 Å². The second kappa shape index (κ2) is 5.62. The van der Waals surface area contributed by atoms with Crippen LogP contribution < -0.4 is 0 Å². The molecule has 0 aliphatic rings. The Balaban J connectivity index is 2.58. The third-order valence-corrected chi connectivity index (χ3v) is 2.25. The number of nitrogens with one attached hydrogen (secondary N) is 1. The SMILES string of the molecule is COCC(O)CN(C)C(=O)c1cn[nH]c1C. The van der Waals surface area contributed by atoms with Crippen molar-refractivity contribution in [1.29, 1.82) is 0 Å². The molecule has 6 nitrogen and oxygen atoms in total. The van der Waals surface area contributed by atoms with E-state index < -0.39 is 6.10 Å². The van der Waals surface area contributed by atoms with Gasteiger partial charge in [-0.05, 0) is 6.92 Å². The van der Waals surface area contributed by atoms with Crippen LogP contribution in [0, 0.1) is 6.92 Å². The Morgan fingerprint density at radius 2 is 2.44 bits per heavy atom. The average Bonchev–Trinajstić information content (AvgIpc) is 2.63. The molecule has 0 saturated carbocycles. The number of methoxy groups -OCH3 is 1. The first-order valence-electron chi connectivity index (χ1n) is 4.98. The lowest BCUT2D eigenvalue weighted by Gasteiger charge is -2.20. The predicted molar refractivity (Wildman–Crippen MR) is 58.2 cm³/mol. The van der Waals surface area contributed by atoms with Crippen LogP contribution in [0.2, 0.25) is 0 Å². The molecule has 0 aliphatic heterocycles. The van der Waals surface area contributed by atoms with Crippen LogP contribution in [-0.4, -0.2) is 59.5 Å². The van der Waals surface area contributed by atoms with Crippen molar-refractivity contribution in [3.63, 3.8) is 0 Å². The number of aryl methyl sites for hydroxylation is 1. The van der Waals surface area contributed by atoms with Crippen molar-refractivity contribution in [2.24, 2.45) is 0 Å².